The molecule has 1 aliphatic carbocycles. The van der Waals surface area contributed by atoms with Gasteiger partial charge in [-0.1, -0.05) is 45.0 Å². The third-order valence-electron chi connectivity index (χ3n) is 10.6. The van der Waals surface area contributed by atoms with Crippen molar-refractivity contribution in [2.75, 3.05) is 44.0 Å². The molecule has 13 heteroatoms. The monoisotopic (exact) mass is 734 g/mol. The number of benzene rings is 1. The molecule has 3 atom stereocenters. The molecule has 0 saturated carbocycles. The normalized spacial score (nSPS) is 18.9. The van der Waals surface area contributed by atoms with Crippen LogP contribution in [0.4, 0.5) is 11.8 Å². The van der Waals surface area contributed by atoms with E-state index in [0.717, 1.165) is 61.8 Å². The van der Waals surface area contributed by atoms with Crippen molar-refractivity contribution in [3.8, 4) is 17.3 Å². The van der Waals surface area contributed by atoms with Crippen molar-refractivity contribution in [2.24, 2.45) is 0 Å². The Morgan fingerprint density at radius 1 is 1.00 bits per heavy atom. The molecule has 1 aliphatic heterocycles. The van der Waals surface area contributed by atoms with Crippen LogP contribution in [0.2, 0.25) is 0 Å². The molecular formula is C41H54N10O3. The molecule has 1 saturated heterocycles. The Bertz CT molecular complexity index is 2050. The summed E-state index contributed by atoms with van der Waals surface area (Å²) in [5, 5.41) is 25.3. The lowest BCUT2D eigenvalue weighted by atomic mass is 9.79. The number of carbonyl (C=O) groups excluding carboxylic acids is 1. The lowest BCUT2D eigenvalue weighted by Gasteiger charge is -2.33. The second-order valence-electron chi connectivity index (χ2n) is 16.1. The van der Waals surface area contributed by atoms with Crippen LogP contribution in [0, 0.1) is 0 Å². The predicted molar refractivity (Wildman–Crippen MR) is 210 cm³/mol. The van der Waals surface area contributed by atoms with E-state index in [4.69, 9.17) is 14.6 Å². The standard InChI is InChI=1S/C41H54N10O3/c1-28-12-9-10-21-49(28)40-46-44-36-20-18-31(27-50(36)40)54-34-19-17-29(32-14-7-8-15-33(32)34)13-11-16-38(52)43-37-25-35(41(2,3)4)47-51(37)30-24-39(45-42-26-30)53-23-22-48(5)6/h7-8,14-15,18,20,24-29,34H,9-13,16-17,19,21-23H2,1-6H3,(H,43,52)/t28-,29-,34+/m0/s1. The quantitative estimate of drug-likeness (QED) is 0.134. The Hall–Kier alpha value is -5.04. The summed E-state index contributed by atoms with van der Waals surface area (Å²) in [6.07, 6.45) is 11.2. The smallest absolute Gasteiger partial charge is 0.235 e. The fraction of sp³-hybridized carbons (Fsp3) is 0.512. The summed E-state index contributed by atoms with van der Waals surface area (Å²) in [5.41, 5.74) is 4.67. The molecule has 54 heavy (non-hydrogen) atoms. The number of nitrogens with zero attached hydrogens (tertiary/aromatic N) is 9. The number of nitrogens with one attached hydrogen (secondary N) is 1. The topological polar surface area (TPSA) is 128 Å². The molecule has 0 bridgehead atoms. The molecule has 2 aliphatic rings. The minimum atomic E-state index is -0.218. The van der Waals surface area contributed by atoms with Gasteiger partial charge in [0.25, 0.3) is 0 Å². The lowest BCUT2D eigenvalue weighted by Crippen LogP contribution is -2.38. The van der Waals surface area contributed by atoms with E-state index in [1.165, 1.54) is 30.4 Å². The van der Waals surface area contributed by atoms with Crippen molar-refractivity contribution in [3.05, 3.63) is 77.7 Å². The number of likely N-dealkylation sites (N-methyl/N-ethyl adjacent to an activating group) is 1. The third-order valence-corrected chi connectivity index (χ3v) is 10.6. The minimum absolute atomic E-state index is 0.0471. The highest BCUT2D eigenvalue weighted by molar-refractivity contribution is 5.90. The molecule has 0 spiro atoms. The number of amides is 1. The molecular weight excluding hydrogens is 681 g/mol. The largest absolute Gasteiger partial charge is 0.484 e. The van der Waals surface area contributed by atoms with Gasteiger partial charge in [-0.2, -0.15) is 10.2 Å². The zero-order valence-electron chi connectivity index (χ0n) is 32.5. The Morgan fingerprint density at radius 3 is 2.63 bits per heavy atom. The van der Waals surface area contributed by atoms with E-state index in [9.17, 15) is 4.79 Å². The number of hydrogen-bond donors (Lipinski definition) is 1. The summed E-state index contributed by atoms with van der Waals surface area (Å²) in [6, 6.07) is 16.8. The minimum Gasteiger partial charge on any atom is -0.484 e. The lowest BCUT2D eigenvalue weighted by molar-refractivity contribution is -0.116. The van der Waals surface area contributed by atoms with Gasteiger partial charge in [0.15, 0.2) is 5.65 Å². The first-order chi connectivity index (χ1) is 26.0. The van der Waals surface area contributed by atoms with Crippen molar-refractivity contribution in [1.29, 1.82) is 0 Å². The van der Waals surface area contributed by atoms with E-state index in [-0.39, 0.29) is 17.4 Å². The highest BCUT2D eigenvalue weighted by Gasteiger charge is 2.29. The molecule has 0 radical (unpaired) electrons. The zero-order chi connectivity index (χ0) is 37.8. The van der Waals surface area contributed by atoms with Gasteiger partial charge in [0.05, 0.1) is 23.8 Å². The maximum absolute atomic E-state index is 13.4. The van der Waals surface area contributed by atoms with Crippen LogP contribution >= 0.6 is 0 Å². The van der Waals surface area contributed by atoms with Crippen molar-refractivity contribution in [3.63, 3.8) is 0 Å². The van der Waals surface area contributed by atoms with Gasteiger partial charge in [0, 0.05) is 43.1 Å². The summed E-state index contributed by atoms with van der Waals surface area (Å²) in [5.74, 6) is 3.02. The summed E-state index contributed by atoms with van der Waals surface area (Å²) in [7, 11) is 3.98. The molecule has 1 N–H and O–H groups in total. The average molecular weight is 735 g/mol. The number of anilines is 2. The first kappa shape index (κ1) is 37.3. The van der Waals surface area contributed by atoms with E-state index in [2.05, 4.69) is 87.0 Å². The van der Waals surface area contributed by atoms with Crippen LogP contribution in [0.3, 0.4) is 0 Å². The third kappa shape index (κ3) is 8.51. The highest BCUT2D eigenvalue weighted by atomic mass is 16.5. The molecule has 4 aromatic heterocycles. The molecule has 1 fully saturated rings. The van der Waals surface area contributed by atoms with E-state index in [0.29, 0.717) is 42.4 Å². The van der Waals surface area contributed by atoms with Gasteiger partial charge in [-0.05, 0) is 95.1 Å². The van der Waals surface area contributed by atoms with Gasteiger partial charge in [0.1, 0.15) is 24.3 Å². The second kappa shape index (κ2) is 16.1. The van der Waals surface area contributed by atoms with Gasteiger partial charge in [-0.3, -0.25) is 9.20 Å². The van der Waals surface area contributed by atoms with E-state index >= 15 is 0 Å². The predicted octanol–water partition coefficient (Wildman–Crippen LogP) is 7.13. The number of fused-ring (bicyclic) bond motifs is 2. The van der Waals surface area contributed by atoms with Crippen LogP contribution in [0.15, 0.2) is 60.9 Å². The summed E-state index contributed by atoms with van der Waals surface area (Å²) in [4.78, 5) is 17.8. The fourth-order valence-electron chi connectivity index (χ4n) is 7.55. The van der Waals surface area contributed by atoms with E-state index in [1.54, 1.807) is 16.9 Å². The van der Waals surface area contributed by atoms with Gasteiger partial charge in [-0.25, -0.2) is 4.68 Å². The van der Waals surface area contributed by atoms with E-state index in [1.807, 2.05) is 43.4 Å². The molecule has 286 valence electrons. The number of pyridine rings is 1. The average Bonchev–Trinajstić information content (AvgIpc) is 3.77. The second-order valence-corrected chi connectivity index (χ2v) is 16.1. The van der Waals surface area contributed by atoms with Gasteiger partial charge in [0.2, 0.25) is 17.7 Å². The first-order valence-electron chi connectivity index (χ1n) is 19.4. The van der Waals surface area contributed by atoms with Crippen molar-refractivity contribution in [2.45, 2.75) is 103 Å². The summed E-state index contributed by atoms with van der Waals surface area (Å²) >= 11 is 0. The molecule has 5 aromatic rings. The van der Waals surface area contributed by atoms with Crippen LogP contribution in [0.5, 0.6) is 11.6 Å². The first-order valence-corrected chi connectivity index (χ1v) is 19.4. The molecule has 1 aromatic carbocycles. The Kier molecular flexibility index (Phi) is 11.1. The van der Waals surface area contributed by atoms with Crippen LogP contribution in [-0.2, 0) is 10.2 Å². The number of piperidine rings is 1. The Morgan fingerprint density at radius 2 is 1.83 bits per heavy atom. The molecule has 0 unspecified atom stereocenters. The van der Waals surface area contributed by atoms with Gasteiger partial charge >= 0.3 is 0 Å². The van der Waals surface area contributed by atoms with E-state index < -0.39 is 0 Å². The zero-order valence-corrected chi connectivity index (χ0v) is 32.5. The van der Waals surface area contributed by atoms with Crippen LogP contribution in [0.25, 0.3) is 11.3 Å². The number of rotatable bonds is 13. The molecule has 1 amide bonds. The maximum atomic E-state index is 13.4. The number of carbonyl (C=O) groups is 1. The summed E-state index contributed by atoms with van der Waals surface area (Å²) < 4.78 is 16.3. The number of hydrogen-bond acceptors (Lipinski definition) is 10. The Balaban J connectivity index is 0.992. The number of aromatic nitrogens is 7. The van der Waals surface area contributed by atoms with Gasteiger partial charge < -0.3 is 24.6 Å². The van der Waals surface area contributed by atoms with Crippen LogP contribution in [-0.4, -0.2) is 85.2 Å². The molecule has 5 heterocycles. The highest BCUT2D eigenvalue weighted by Crippen LogP contribution is 2.42. The molecule has 13 nitrogen and oxygen atoms in total. The van der Waals surface area contributed by atoms with Gasteiger partial charge in [-0.15, -0.1) is 15.3 Å². The van der Waals surface area contributed by atoms with Crippen molar-refractivity contribution in [1.82, 2.24) is 39.5 Å². The Labute approximate surface area is 318 Å². The number of ether oxygens (including phenoxy) is 2. The maximum Gasteiger partial charge on any atom is 0.235 e. The molecule has 7 rings (SSSR count). The fourth-order valence-corrected chi connectivity index (χ4v) is 7.55. The van der Waals surface area contributed by atoms with Crippen LogP contribution < -0.4 is 19.7 Å². The van der Waals surface area contributed by atoms with Crippen molar-refractivity contribution < 1.29 is 14.3 Å². The SMILES string of the molecule is C[C@H]1CCCCN1c1nnc2ccc(O[C@@H]3CC[C@H](CCCC(=O)Nc4cc(C(C)(C)C)nn4-c4cnnc(OCCN(C)C)c4)c4ccccc43)cn12. The summed E-state index contributed by atoms with van der Waals surface area (Å²) in [6.45, 7) is 10.8. The van der Waals surface area contributed by atoms with Crippen molar-refractivity contribution >= 4 is 23.3 Å². The van der Waals surface area contributed by atoms with Crippen LogP contribution in [0.1, 0.15) is 108 Å².